The number of hydrogen-bond acceptors (Lipinski definition) is 4. The van der Waals surface area contributed by atoms with Gasteiger partial charge in [0.25, 0.3) is 0 Å². The van der Waals surface area contributed by atoms with Gasteiger partial charge in [-0.15, -0.1) is 0 Å². The van der Waals surface area contributed by atoms with Crippen molar-refractivity contribution in [2.24, 2.45) is 10.9 Å². The Labute approximate surface area is 101 Å². The molecule has 0 aliphatic heterocycles. The van der Waals surface area contributed by atoms with Gasteiger partial charge in [-0.05, 0) is 25.5 Å². The molecule has 1 unspecified atom stereocenters. The van der Waals surface area contributed by atoms with Crippen molar-refractivity contribution in [2.75, 3.05) is 6.61 Å². The van der Waals surface area contributed by atoms with E-state index in [1.807, 2.05) is 25.1 Å². The monoisotopic (exact) mass is 238 g/mol. The van der Waals surface area contributed by atoms with Crippen molar-refractivity contribution in [3.05, 3.63) is 24.3 Å². The lowest BCUT2D eigenvalue weighted by Gasteiger charge is -2.16. The first-order chi connectivity index (χ1) is 8.19. The summed E-state index contributed by atoms with van der Waals surface area (Å²) < 4.78 is 11.1. The van der Waals surface area contributed by atoms with E-state index in [9.17, 15) is 0 Å². The Bertz CT molecular complexity index is 380. The van der Waals surface area contributed by atoms with Crippen molar-refractivity contribution < 1.29 is 14.7 Å². The second-order valence-electron chi connectivity index (χ2n) is 3.58. The Kier molecular flexibility index (Phi) is 5.13. The van der Waals surface area contributed by atoms with E-state index in [-0.39, 0.29) is 5.84 Å². The first kappa shape index (κ1) is 13.2. The first-order valence-electron chi connectivity index (χ1n) is 5.55. The Balaban J connectivity index is 2.75. The van der Waals surface area contributed by atoms with Crippen LogP contribution in [0.4, 0.5) is 0 Å². The van der Waals surface area contributed by atoms with E-state index in [0.29, 0.717) is 18.1 Å². The average molecular weight is 238 g/mol. The van der Waals surface area contributed by atoms with Crippen molar-refractivity contribution in [1.82, 2.24) is 0 Å². The van der Waals surface area contributed by atoms with Gasteiger partial charge in [0.05, 0.1) is 6.61 Å². The quantitative estimate of drug-likeness (QED) is 0.344. The fourth-order valence-corrected chi connectivity index (χ4v) is 1.21. The SMILES string of the molecule is CCCOc1ccccc1OC(C)C(N)=NO. The van der Waals surface area contributed by atoms with Crippen LogP contribution in [0, 0.1) is 0 Å². The summed E-state index contributed by atoms with van der Waals surface area (Å²) in [7, 11) is 0. The van der Waals surface area contributed by atoms with E-state index in [1.165, 1.54) is 0 Å². The van der Waals surface area contributed by atoms with Gasteiger partial charge in [0.2, 0.25) is 0 Å². The van der Waals surface area contributed by atoms with E-state index < -0.39 is 6.10 Å². The third kappa shape index (κ3) is 3.86. The Morgan fingerprint density at radius 3 is 2.65 bits per heavy atom. The molecule has 3 N–H and O–H groups in total. The Morgan fingerprint density at radius 2 is 2.06 bits per heavy atom. The molecule has 1 atom stereocenters. The van der Waals surface area contributed by atoms with Crippen molar-refractivity contribution in [1.29, 1.82) is 0 Å². The van der Waals surface area contributed by atoms with Crippen LogP contribution in [-0.2, 0) is 0 Å². The van der Waals surface area contributed by atoms with E-state index >= 15 is 0 Å². The Morgan fingerprint density at radius 1 is 1.41 bits per heavy atom. The molecule has 0 saturated heterocycles. The zero-order valence-electron chi connectivity index (χ0n) is 10.1. The predicted octanol–water partition coefficient (Wildman–Crippen LogP) is 1.99. The van der Waals surface area contributed by atoms with Crippen LogP contribution in [0.25, 0.3) is 0 Å². The normalized spacial score (nSPS) is 13.2. The lowest BCUT2D eigenvalue weighted by molar-refractivity contribution is 0.242. The highest BCUT2D eigenvalue weighted by Gasteiger charge is 2.12. The second-order valence-corrected chi connectivity index (χ2v) is 3.58. The molecule has 0 amide bonds. The lowest BCUT2D eigenvalue weighted by atomic mass is 10.3. The zero-order valence-corrected chi connectivity index (χ0v) is 10.1. The minimum atomic E-state index is -0.508. The lowest BCUT2D eigenvalue weighted by Crippen LogP contribution is -2.31. The second kappa shape index (κ2) is 6.62. The van der Waals surface area contributed by atoms with Gasteiger partial charge in [0.1, 0.15) is 0 Å². The maximum absolute atomic E-state index is 8.55. The molecule has 0 heterocycles. The maximum Gasteiger partial charge on any atom is 0.180 e. The van der Waals surface area contributed by atoms with Gasteiger partial charge in [-0.25, -0.2) is 0 Å². The third-order valence-corrected chi connectivity index (χ3v) is 2.15. The van der Waals surface area contributed by atoms with Crippen LogP contribution in [0.1, 0.15) is 20.3 Å². The summed E-state index contributed by atoms with van der Waals surface area (Å²) in [6.07, 6.45) is 0.413. The summed E-state index contributed by atoms with van der Waals surface area (Å²) in [5, 5.41) is 11.5. The van der Waals surface area contributed by atoms with Crippen LogP contribution >= 0.6 is 0 Å². The molecule has 0 radical (unpaired) electrons. The van der Waals surface area contributed by atoms with Crippen molar-refractivity contribution in [3.8, 4) is 11.5 Å². The molecule has 1 aromatic carbocycles. The van der Waals surface area contributed by atoms with Crippen LogP contribution in [0.5, 0.6) is 11.5 Å². The highest BCUT2D eigenvalue weighted by Crippen LogP contribution is 2.27. The van der Waals surface area contributed by atoms with Gasteiger partial charge in [0.15, 0.2) is 23.4 Å². The molecule has 0 spiro atoms. The molecule has 0 fully saturated rings. The number of hydrogen-bond donors (Lipinski definition) is 2. The van der Waals surface area contributed by atoms with E-state index in [0.717, 1.165) is 6.42 Å². The molecule has 0 saturated carbocycles. The number of para-hydroxylation sites is 2. The minimum Gasteiger partial charge on any atom is -0.490 e. The zero-order chi connectivity index (χ0) is 12.7. The number of nitrogens with two attached hydrogens (primary N) is 1. The van der Waals surface area contributed by atoms with Gasteiger partial charge in [-0.1, -0.05) is 24.2 Å². The van der Waals surface area contributed by atoms with Crippen LogP contribution < -0.4 is 15.2 Å². The maximum atomic E-state index is 8.55. The van der Waals surface area contributed by atoms with Crippen LogP contribution in [0.2, 0.25) is 0 Å². The molecule has 1 aromatic rings. The van der Waals surface area contributed by atoms with E-state index in [4.69, 9.17) is 20.4 Å². The van der Waals surface area contributed by atoms with Gasteiger partial charge in [-0.2, -0.15) is 0 Å². The molecule has 0 aliphatic carbocycles. The fraction of sp³-hybridized carbons (Fsp3) is 0.417. The standard InChI is InChI=1S/C12H18N2O3/c1-3-8-16-10-6-4-5-7-11(10)17-9(2)12(13)14-15/h4-7,9,15H,3,8H2,1-2H3,(H2,13,14). The number of rotatable bonds is 6. The third-order valence-electron chi connectivity index (χ3n) is 2.15. The molecular formula is C12H18N2O3. The van der Waals surface area contributed by atoms with Gasteiger partial charge >= 0.3 is 0 Å². The van der Waals surface area contributed by atoms with Gasteiger partial charge < -0.3 is 20.4 Å². The Hall–Kier alpha value is -1.91. The molecule has 5 heteroatoms. The number of benzene rings is 1. The van der Waals surface area contributed by atoms with E-state index in [2.05, 4.69) is 5.16 Å². The van der Waals surface area contributed by atoms with Gasteiger partial charge in [-0.3, -0.25) is 0 Å². The van der Waals surface area contributed by atoms with Gasteiger partial charge in [0, 0.05) is 0 Å². The summed E-state index contributed by atoms with van der Waals surface area (Å²) in [6, 6.07) is 7.31. The average Bonchev–Trinajstić information content (AvgIpc) is 2.36. The molecule has 1 rings (SSSR count). The highest BCUT2D eigenvalue weighted by atomic mass is 16.5. The van der Waals surface area contributed by atoms with E-state index in [1.54, 1.807) is 13.0 Å². The first-order valence-corrected chi connectivity index (χ1v) is 5.55. The summed E-state index contributed by atoms with van der Waals surface area (Å²) in [6.45, 7) is 4.35. The van der Waals surface area contributed by atoms with Crippen molar-refractivity contribution in [2.45, 2.75) is 26.4 Å². The molecule has 0 bridgehead atoms. The summed E-state index contributed by atoms with van der Waals surface area (Å²) in [5.74, 6) is 1.27. The van der Waals surface area contributed by atoms with Crippen LogP contribution in [0.15, 0.2) is 29.4 Å². The number of ether oxygens (including phenoxy) is 2. The number of oxime groups is 1. The number of nitrogens with zero attached hydrogens (tertiary/aromatic N) is 1. The molecular weight excluding hydrogens is 220 g/mol. The largest absolute Gasteiger partial charge is 0.490 e. The van der Waals surface area contributed by atoms with Crippen molar-refractivity contribution >= 4 is 5.84 Å². The smallest absolute Gasteiger partial charge is 0.180 e. The molecule has 0 aliphatic rings. The number of amidine groups is 1. The summed E-state index contributed by atoms with van der Waals surface area (Å²) >= 11 is 0. The molecule has 94 valence electrons. The van der Waals surface area contributed by atoms with Crippen LogP contribution in [-0.4, -0.2) is 23.8 Å². The molecule has 5 nitrogen and oxygen atoms in total. The van der Waals surface area contributed by atoms with Crippen LogP contribution in [0.3, 0.4) is 0 Å². The minimum absolute atomic E-state index is 0.0234. The predicted molar refractivity (Wildman–Crippen MR) is 65.7 cm³/mol. The van der Waals surface area contributed by atoms with Crippen molar-refractivity contribution in [3.63, 3.8) is 0 Å². The highest BCUT2D eigenvalue weighted by molar-refractivity contribution is 5.84. The molecule has 17 heavy (non-hydrogen) atoms. The molecule has 0 aromatic heterocycles. The topological polar surface area (TPSA) is 77.1 Å². The summed E-state index contributed by atoms with van der Waals surface area (Å²) in [4.78, 5) is 0. The summed E-state index contributed by atoms with van der Waals surface area (Å²) in [5.41, 5.74) is 5.45. The fourth-order valence-electron chi connectivity index (χ4n) is 1.21.